The first-order valence-corrected chi connectivity index (χ1v) is 20.2. The molecule has 2 N–H and O–H groups in total. The number of amides is 2. The normalized spacial score (nSPS) is 11.6. The van der Waals surface area contributed by atoms with Crippen LogP contribution >= 0.6 is 0 Å². The predicted octanol–water partition coefficient (Wildman–Crippen LogP) is 7.37. The number of nitrogens with one attached hydrogen (secondary N) is 2. The molecule has 0 unspecified atom stereocenters. The van der Waals surface area contributed by atoms with Gasteiger partial charge in [0.15, 0.2) is 11.5 Å². The van der Waals surface area contributed by atoms with Gasteiger partial charge < -0.3 is 48.0 Å². The zero-order valence-electron chi connectivity index (χ0n) is 33.7. The molecule has 5 aromatic rings. The lowest BCUT2D eigenvalue weighted by Crippen LogP contribution is -2.21. The van der Waals surface area contributed by atoms with Gasteiger partial charge in [0.1, 0.15) is 29.7 Å². The molecular formula is C42H50N4O11S. The van der Waals surface area contributed by atoms with Crippen molar-refractivity contribution in [3.63, 3.8) is 0 Å². The summed E-state index contributed by atoms with van der Waals surface area (Å²) < 4.78 is 68.5. The molecule has 1 heterocycles. The minimum absolute atomic E-state index is 0.0384. The summed E-state index contributed by atoms with van der Waals surface area (Å²) in [4.78, 5) is 22.6. The Morgan fingerprint density at radius 3 is 2.12 bits per heavy atom. The highest BCUT2D eigenvalue weighted by molar-refractivity contribution is 7.86. The summed E-state index contributed by atoms with van der Waals surface area (Å²) in [6, 6.07) is 20.9. The molecule has 2 amide bonds. The topological polar surface area (TPSA) is 175 Å². The van der Waals surface area contributed by atoms with Gasteiger partial charge in [0.2, 0.25) is 5.88 Å². The van der Waals surface area contributed by atoms with Crippen LogP contribution in [0.25, 0.3) is 10.8 Å². The van der Waals surface area contributed by atoms with E-state index in [9.17, 15) is 13.2 Å². The van der Waals surface area contributed by atoms with Crippen LogP contribution in [-0.4, -0.2) is 91.6 Å². The molecule has 5 rings (SSSR count). The number of aromatic nitrogens is 2. The van der Waals surface area contributed by atoms with E-state index < -0.39 is 21.6 Å². The van der Waals surface area contributed by atoms with Gasteiger partial charge in [-0.3, -0.25) is 0 Å². The van der Waals surface area contributed by atoms with Crippen LogP contribution < -0.4 is 33.8 Å². The molecule has 58 heavy (non-hydrogen) atoms. The molecule has 0 radical (unpaired) electrons. The Hall–Kier alpha value is -5.68. The van der Waals surface area contributed by atoms with E-state index >= 15 is 0 Å². The van der Waals surface area contributed by atoms with Gasteiger partial charge in [0, 0.05) is 42.6 Å². The molecule has 1 aromatic heterocycles. The van der Waals surface area contributed by atoms with E-state index in [1.54, 1.807) is 56.8 Å². The van der Waals surface area contributed by atoms with Crippen LogP contribution in [0.5, 0.6) is 34.6 Å². The number of hydrogen-bond donors (Lipinski definition) is 2. The molecule has 16 heteroatoms. The number of methoxy groups -OCH3 is 3. The lowest BCUT2D eigenvalue weighted by molar-refractivity contribution is 0.0179. The van der Waals surface area contributed by atoms with Gasteiger partial charge in [-0.15, -0.1) is 0 Å². The fourth-order valence-electron chi connectivity index (χ4n) is 5.74. The first-order valence-electron chi connectivity index (χ1n) is 18.4. The number of rotatable bonds is 20. The highest BCUT2D eigenvalue weighted by atomic mass is 32.2. The quantitative estimate of drug-likeness (QED) is 0.0589. The maximum Gasteiger partial charge on any atom is 0.323 e. The second-order valence-corrected chi connectivity index (χ2v) is 15.6. The average Bonchev–Trinajstić information content (AvgIpc) is 3.17. The molecule has 0 aliphatic rings. The average molecular weight is 819 g/mol. The molecule has 15 nitrogen and oxygen atoms in total. The van der Waals surface area contributed by atoms with Crippen LogP contribution in [-0.2, 0) is 36.2 Å². The largest absolute Gasteiger partial charge is 0.497 e. The molecule has 310 valence electrons. The summed E-state index contributed by atoms with van der Waals surface area (Å²) in [5, 5.41) is 7.12. The van der Waals surface area contributed by atoms with Crippen LogP contribution in [0.15, 0.2) is 79.0 Å². The van der Waals surface area contributed by atoms with Crippen LogP contribution in [0.3, 0.4) is 0 Å². The predicted molar refractivity (Wildman–Crippen MR) is 221 cm³/mol. The Balaban J connectivity index is 1.28. The maximum absolute atomic E-state index is 13.5. The van der Waals surface area contributed by atoms with Gasteiger partial charge in [-0.2, -0.15) is 13.4 Å². The number of carbonyl (C=O) groups is 1. The minimum atomic E-state index is -3.89. The van der Waals surface area contributed by atoms with Crippen molar-refractivity contribution in [1.29, 1.82) is 0 Å². The van der Waals surface area contributed by atoms with Gasteiger partial charge in [-0.1, -0.05) is 45.0 Å². The first-order chi connectivity index (χ1) is 27.8. The zero-order chi connectivity index (χ0) is 41.7. The first kappa shape index (κ1) is 43.4. The molecule has 4 aromatic carbocycles. The van der Waals surface area contributed by atoms with Crippen molar-refractivity contribution in [3.8, 4) is 34.6 Å². The second kappa shape index (κ2) is 20.1. The van der Waals surface area contributed by atoms with Gasteiger partial charge in [0.25, 0.3) is 0 Å². The van der Waals surface area contributed by atoms with Crippen molar-refractivity contribution in [3.05, 3.63) is 95.9 Å². The Morgan fingerprint density at radius 2 is 1.43 bits per heavy atom. The van der Waals surface area contributed by atoms with E-state index in [1.165, 1.54) is 7.11 Å². The van der Waals surface area contributed by atoms with Crippen molar-refractivity contribution in [2.24, 2.45) is 0 Å². The van der Waals surface area contributed by atoms with E-state index in [0.717, 1.165) is 17.4 Å². The lowest BCUT2D eigenvalue weighted by Gasteiger charge is -2.23. The molecule has 0 aliphatic heterocycles. The van der Waals surface area contributed by atoms with Gasteiger partial charge in [-0.25, -0.2) is 9.78 Å². The number of anilines is 2. The molecule has 0 aliphatic carbocycles. The lowest BCUT2D eigenvalue weighted by atomic mass is 9.86. The number of fused-ring (bicyclic) bond motifs is 1. The number of carbonyl (C=O) groups excluding carboxylic acids is 1. The van der Waals surface area contributed by atoms with Crippen LogP contribution in [0.2, 0.25) is 0 Å². The molecular weight excluding hydrogens is 769 g/mol. The monoisotopic (exact) mass is 818 g/mol. The summed E-state index contributed by atoms with van der Waals surface area (Å²) in [6.07, 6.45) is 2.95. The molecule has 0 saturated heterocycles. The molecule has 0 atom stereocenters. The van der Waals surface area contributed by atoms with E-state index in [0.29, 0.717) is 91.5 Å². The van der Waals surface area contributed by atoms with Gasteiger partial charge in [-0.05, 0) is 52.9 Å². The standard InChI is InChI=1S/C42H50N4O11S/c1-42(2,3)29-25-35(40(52-6)37(26-29)57-58(7,48)49)45-41(47)44-34-12-13-36(33-11-9-8-10-32(33)34)56-39-14-15-43-38(46-39)24-28-22-30(51-5)27-31(23-28)55-21-20-54-19-18-53-17-16-50-4/h8-15,22-23,25-27H,16-21,24H2,1-7H3,(H2,44,45,47). The highest BCUT2D eigenvalue weighted by Gasteiger charge is 2.24. The van der Waals surface area contributed by atoms with Crippen LogP contribution in [0.4, 0.5) is 16.2 Å². The number of hydrogen-bond acceptors (Lipinski definition) is 13. The fraction of sp³-hybridized carbons (Fsp3) is 0.357. The molecule has 0 fully saturated rings. The summed E-state index contributed by atoms with van der Waals surface area (Å²) in [7, 11) is 0.696. The van der Waals surface area contributed by atoms with E-state index in [4.69, 9.17) is 37.3 Å². The maximum atomic E-state index is 13.5. The molecule has 0 spiro atoms. The number of benzene rings is 4. The van der Waals surface area contributed by atoms with E-state index in [1.807, 2.05) is 57.2 Å². The minimum Gasteiger partial charge on any atom is -0.497 e. The third-order valence-corrected chi connectivity index (χ3v) is 8.96. The van der Waals surface area contributed by atoms with Gasteiger partial charge >= 0.3 is 16.1 Å². The van der Waals surface area contributed by atoms with E-state index in [2.05, 4.69) is 20.6 Å². The Morgan fingerprint density at radius 1 is 0.741 bits per heavy atom. The van der Waals surface area contributed by atoms with Crippen molar-refractivity contribution in [2.75, 3.05) is 77.9 Å². The summed E-state index contributed by atoms with van der Waals surface area (Å²) >= 11 is 0. The van der Waals surface area contributed by atoms with Crippen LogP contribution in [0.1, 0.15) is 37.7 Å². The Kier molecular flexibility index (Phi) is 15.1. The van der Waals surface area contributed by atoms with Crippen LogP contribution in [0, 0.1) is 0 Å². The number of urea groups is 1. The highest BCUT2D eigenvalue weighted by Crippen LogP contribution is 2.41. The second-order valence-electron chi connectivity index (χ2n) is 14.0. The zero-order valence-corrected chi connectivity index (χ0v) is 34.6. The third kappa shape index (κ3) is 12.7. The number of nitrogens with zero attached hydrogens (tertiary/aromatic N) is 2. The number of ether oxygens (including phenoxy) is 7. The molecule has 0 bridgehead atoms. The van der Waals surface area contributed by atoms with Crippen molar-refractivity contribution in [1.82, 2.24) is 9.97 Å². The molecule has 0 saturated carbocycles. The fourth-order valence-corrected chi connectivity index (χ4v) is 6.19. The Bertz CT molecular complexity index is 2280. The van der Waals surface area contributed by atoms with Crippen molar-refractivity contribution >= 4 is 38.3 Å². The van der Waals surface area contributed by atoms with E-state index in [-0.39, 0.29) is 17.2 Å². The Labute approximate surface area is 339 Å². The van der Waals surface area contributed by atoms with Crippen molar-refractivity contribution in [2.45, 2.75) is 32.6 Å². The smallest absolute Gasteiger partial charge is 0.323 e. The van der Waals surface area contributed by atoms with Gasteiger partial charge in [0.05, 0.1) is 64.9 Å². The summed E-state index contributed by atoms with van der Waals surface area (Å²) in [5.41, 5.74) is 1.92. The van der Waals surface area contributed by atoms with Crippen molar-refractivity contribution < 1.29 is 50.6 Å². The summed E-state index contributed by atoms with van der Waals surface area (Å²) in [5.74, 6) is 2.63. The third-order valence-electron chi connectivity index (χ3n) is 8.48. The summed E-state index contributed by atoms with van der Waals surface area (Å²) in [6.45, 7) is 8.61. The SMILES string of the molecule is COCCOCCOCCOc1cc(Cc2nccc(Oc3ccc(NC(=O)Nc4cc(C(C)(C)C)cc(OS(C)(=O)=O)c4OC)c4ccccc34)n2)cc(OC)c1.